The van der Waals surface area contributed by atoms with Gasteiger partial charge in [-0.2, -0.15) is 0 Å². The van der Waals surface area contributed by atoms with Crippen LogP contribution in [0, 0.1) is 5.82 Å². The normalized spacial score (nSPS) is 17.4. The van der Waals surface area contributed by atoms with Gasteiger partial charge in [-0.05, 0) is 44.2 Å². The van der Waals surface area contributed by atoms with Crippen LogP contribution in [-0.2, 0) is 6.42 Å². The lowest BCUT2D eigenvalue weighted by Crippen LogP contribution is -2.52. The summed E-state index contributed by atoms with van der Waals surface area (Å²) in [5, 5.41) is 7.72. The Kier molecular flexibility index (Phi) is 8.97. The monoisotopic (exact) mass is 502 g/mol. The Hall–Kier alpha value is -1.39. The van der Waals surface area contributed by atoms with Gasteiger partial charge in [0.05, 0.1) is 0 Å². The zero-order chi connectivity index (χ0) is 19.2. The lowest BCUT2D eigenvalue weighted by molar-refractivity contribution is 0.120. The third-order valence-corrected chi connectivity index (χ3v) is 5.37. The van der Waals surface area contributed by atoms with Crippen LogP contribution in [0.4, 0.5) is 4.39 Å². The zero-order valence-corrected chi connectivity index (χ0v) is 19.3. The Morgan fingerprint density at radius 2 is 2.00 bits per heavy atom. The Balaban J connectivity index is 0.00000280. The van der Waals surface area contributed by atoms with Crippen molar-refractivity contribution in [1.29, 1.82) is 0 Å². The smallest absolute Gasteiger partial charge is 0.191 e. The molecule has 0 bridgehead atoms. The van der Waals surface area contributed by atoms with Gasteiger partial charge in [-0.3, -0.25) is 9.89 Å². The molecule has 1 unspecified atom stereocenters. The van der Waals surface area contributed by atoms with Crippen molar-refractivity contribution in [3.8, 4) is 0 Å². The molecule has 0 spiro atoms. The molecule has 0 aliphatic carbocycles. The van der Waals surface area contributed by atoms with Crippen LogP contribution in [0.5, 0.6) is 0 Å². The van der Waals surface area contributed by atoms with E-state index in [0.717, 1.165) is 68.1 Å². The van der Waals surface area contributed by atoms with E-state index in [4.69, 9.17) is 0 Å². The number of benzene rings is 1. The first kappa shape index (κ1) is 22.9. The molecular weight excluding hydrogens is 470 g/mol. The van der Waals surface area contributed by atoms with Crippen LogP contribution < -0.4 is 10.6 Å². The van der Waals surface area contributed by atoms with Gasteiger partial charge in [0.2, 0.25) is 0 Å². The molecule has 6 nitrogen and oxygen atoms in total. The highest BCUT2D eigenvalue weighted by Gasteiger charge is 2.19. The molecule has 1 aromatic carbocycles. The number of nitrogens with zero attached hydrogens (tertiary/aromatic N) is 3. The standard InChI is InChI=1S/C20H31FN6.HI/c1-15(27-10-8-26(3)9-11-27)13-25-20(22-2)23-7-6-16-14-24-19-5-4-17(21)12-18(16)19;/h4-5,12,14-15,24H,6-11,13H2,1-3H3,(H2,22,23,25);1H. The number of rotatable bonds is 6. The molecule has 28 heavy (non-hydrogen) atoms. The predicted octanol–water partition coefficient (Wildman–Crippen LogP) is 2.27. The second-order valence-electron chi connectivity index (χ2n) is 7.32. The van der Waals surface area contributed by atoms with E-state index in [9.17, 15) is 4.39 Å². The summed E-state index contributed by atoms with van der Waals surface area (Å²) >= 11 is 0. The van der Waals surface area contributed by atoms with Crippen LogP contribution in [0.15, 0.2) is 29.4 Å². The maximum absolute atomic E-state index is 13.5. The summed E-state index contributed by atoms with van der Waals surface area (Å²) in [5.74, 6) is 0.605. The molecule has 1 aromatic heterocycles. The lowest BCUT2D eigenvalue weighted by atomic mass is 10.1. The number of hydrogen-bond donors (Lipinski definition) is 3. The Bertz CT molecular complexity index is 769. The third kappa shape index (κ3) is 6.05. The Morgan fingerprint density at radius 1 is 1.25 bits per heavy atom. The summed E-state index contributed by atoms with van der Waals surface area (Å²) in [7, 11) is 3.96. The highest BCUT2D eigenvalue weighted by molar-refractivity contribution is 14.0. The zero-order valence-electron chi connectivity index (χ0n) is 17.0. The number of aliphatic imine (C=N–C) groups is 1. The third-order valence-electron chi connectivity index (χ3n) is 5.37. The molecule has 1 aliphatic rings. The molecule has 8 heteroatoms. The van der Waals surface area contributed by atoms with Crippen LogP contribution >= 0.6 is 24.0 Å². The number of hydrogen-bond acceptors (Lipinski definition) is 3. The molecule has 1 saturated heterocycles. The fourth-order valence-corrected chi connectivity index (χ4v) is 3.53. The topological polar surface area (TPSA) is 58.7 Å². The lowest BCUT2D eigenvalue weighted by Gasteiger charge is -2.36. The van der Waals surface area contributed by atoms with Crippen LogP contribution in [0.1, 0.15) is 12.5 Å². The highest BCUT2D eigenvalue weighted by Crippen LogP contribution is 2.19. The highest BCUT2D eigenvalue weighted by atomic mass is 127. The van der Waals surface area contributed by atoms with Crippen molar-refractivity contribution >= 4 is 40.8 Å². The van der Waals surface area contributed by atoms with Gasteiger partial charge < -0.3 is 20.5 Å². The van der Waals surface area contributed by atoms with Gasteiger partial charge in [0.1, 0.15) is 5.82 Å². The fourth-order valence-electron chi connectivity index (χ4n) is 3.53. The van der Waals surface area contributed by atoms with Gasteiger partial charge in [0.25, 0.3) is 0 Å². The predicted molar refractivity (Wildman–Crippen MR) is 125 cm³/mol. The number of likely N-dealkylation sites (N-methyl/N-ethyl adjacent to an activating group) is 1. The summed E-state index contributed by atoms with van der Waals surface area (Å²) in [4.78, 5) is 12.4. The summed E-state index contributed by atoms with van der Waals surface area (Å²) in [6.45, 7) is 8.34. The number of fused-ring (bicyclic) bond motifs is 1. The van der Waals surface area contributed by atoms with Crippen molar-refractivity contribution < 1.29 is 4.39 Å². The first-order valence-electron chi connectivity index (χ1n) is 9.69. The van der Waals surface area contributed by atoms with Crippen molar-refractivity contribution in [2.45, 2.75) is 19.4 Å². The summed E-state index contributed by atoms with van der Waals surface area (Å²) in [6.07, 6.45) is 2.76. The minimum absolute atomic E-state index is 0. The number of nitrogens with one attached hydrogen (secondary N) is 3. The maximum atomic E-state index is 13.5. The number of aromatic amines is 1. The van der Waals surface area contributed by atoms with Crippen molar-refractivity contribution in [2.24, 2.45) is 4.99 Å². The number of guanidine groups is 1. The average molecular weight is 502 g/mol. The van der Waals surface area contributed by atoms with E-state index in [-0.39, 0.29) is 29.8 Å². The minimum Gasteiger partial charge on any atom is -0.361 e. The SMILES string of the molecule is CN=C(NCCc1c[nH]c2ccc(F)cc12)NCC(C)N1CCN(C)CC1.I. The van der Waals surface area contributed by atoms with Gasteiger partial charge >= 0.3 is 0 Å². The van der Waals surface area contributed by atoms with Gasteiger partial charge in [0.15, 0.2) is 5.96 Å². The second kappa shape index (κ2) is 11.0. The molecule has 2 heterocycles. The van der Waals surface area contributed by atoms with Crippen LogP contribution in [0.25, 0.3) is 10.9 Å². The average Bonchev–Trinajstić information content (AvgIpc) is 3.07. The molecule has 3 rings (SSSR count). The number of aromatic nitrogens is 1. The molecule has 1 atom stereocenters. The van der Waals surface area contributed by atoms with Crippen molar-refractivity contribution in [3.05, 3.63) is 35.8 Å². The Morgan fingerprint density at radius 3 is 2.71 bits per heavy atom. The van der Waals surface area contributed by atoms with E-state index in [0.29, 0.717) is 6.04 Å². The van der Waals surface area contributed by atoms with Crippen LogP contribution in [0.2, 0.25) is 0 Å². The molecule has 1 aliphatic heterocycles. The first-order valence-corrected chi connectivity index (χ1v) is 9.69. The second-order valence-corrected chi connectivity index (χ2v) is 7.32. The molecule has 0 radical (unpaired) electrons. The number of H-pyrrole nitrogens is 1. The summed E-state index contributed by atoms with van der Waals surface area (Å²) < 4.78 is 13.5. The van der Waals surface area contributed by atoms with E-state index >= 15 is 0 Å². The molecule has 0 amide bonds. The molecule has 2 aromatic rings. The fraction of sp³-hybridized carbons (Fsp3) is 0.550. The van der Waals surface area contributed by atoms with Gasteiger partial charge in [-0.25, -0.2) is 4.39 Å². The largest absolute Gasteiger partial charge is 0.361 e. The summed E-state index contributed by atoms with van der Waals surface area (Å²) in [5.41, 5.74) is 2.08. The quantitative estimate of drug-likeness (QED) is 0.323. The van der Waals surface area contributed by atoms with Gasteiger partial charge in [0, 0.05) is 69.5 Å². The number of piperazine rings is 1. The molecule has 156 valence electrons. The first-order chi connectivity index (χ1) is 13.1. The van der Waals surface area contributed by atoms with Crippen molar-refractivity contribution in [3.63, 3.8) is 0 Å². The van der Waals surface area contributed by atoms with E-state index in [2.05, 4.69) is 44.4 Å². The van der Waals surface area contributed by atoms with Crippen LogP contribution in [-0.4, -0.2) is 80.1 Å². The Labute approximate surface area is 184 Å². The molecular formula is C20H32FIN6. The minimum atomic E-state index is -0.202. The van der Waals surface area contributed by atoms with Crippen LogP contribution in [0.3, 0.4) is 0 Å². The van der Waals surface area contributed by atoms with E-state index in [1.165, 1.54) is 6.07 Å². The van der Waals surface area contributed by atoms with Gasteiger partial charge in [-0.15, -0.1) is 24.0 Å². The van der Waals surface area contributed by atoms with Gasteiger partial charge in [-0.1, -0.05) is 0 Å². The van der Waals surface area contributed by atoms with E-state index < -0.39 is 0 Å². The molecule has 1 fully saturated rings. The van der Waals surface area contributed by atoms with E-state index in [1.54, 1.807) is 19.2 Å². The number of halogens is 2. The molecule has 3 N–H and O–H groups in total. The van der Waals surface area contributed by atoms with E-state index in [1.807, 2.05) is 6.20 Å². The van der Waals surface area contributed by atoms with Crippen molar-refractivity contribution in [1.82, 2.24) is 25.4 Å². The maximum Gasteiger partial charge on any atom is 0.191 e. The molecule has 0 saturated carbocycles. The van der Waals surface area contributed by atoms with Crippen molar-refractivity contribution in [2.75, 3.05) is 53.4 Å². The summed E-state index contributed by atoms with van der Waals surface area (Å²) in [6, 6.07) is 5.32.